The first-order valence-electron chi connectivity index (χ1n) is 8.51. The Morgan fingerprint density at radius 1 is 1.38 bits per heavy atom. The minimum Gasteiger partial charge on any atom is -0.512 e. The molecule has 1 aliphatic rings. The molecule has 1 unspecified atom stereocenters. The van der Waals surface area contributed by atoms with Crippen molar-refractivity contribution in [2.75, 3.05) is 12.3 Å². The van der Waals surface area contributed by atoms with Gasteiger partial charge in [-0.05, 0) is 37.2 Å². The zero-order valence-corrected chi connectivity index (χ0v) is 15.2. The summed E-state index contributed by atoms with van der Waals surface area (Å²) in [6.07, 6.45) is 8.23. The first kappa shape index (κ1) is 19.4. The van der Waals surface area contributed by atoms with Crippen LogP contribution in [0.3, 0.4) is 0 Å². The van der Waals surface area contributed by atoms with Gasteiger partial charge in [0.25, 0.3) is 0 Å². The number of aliphatic hydroxyl groups excluding tert-OH is 1. The average molecular weight is 354 g/mol. The minimum absolute atomic E-state index is 0.274. The fraction of sp³-hybridized carbons (Fsp3) is 0.316. The predicted octanol–water partition coefficient (Wildman–Crippen LogP) is 3.18. The third kappa shape index (κ3) is 4.37. The van der Waals surface area contributed by atoms with Crippen molar-refractivity contribution in [1.29, 1.82) is 5.41 Å². The highest BCUT2D eigenvalue weighted by atomic mass is 16.3. The number of H-pyrrole nitrogens is 1. The lowest BCUT2D eigenvalue weighted by atomic mass is 9.78. The molecule has 1 aromatic heterocycles. The molecule has 3 rings (SSSR count). The monoisotopic (exact) mass is 354 g/mol. The number of nitrogen functional groups attached to an aromatic ring is 1. The van der Waals surface area contributed by atoms with Gasteiger partial charge in [0.05, 0.1) is 11.5 Å². The van der Waals surface area contributed by atoms with Crippen LogP contribution < -0.4 is 11.5 Å². The van der Waals surface area contributed by atoms with E-state index in [0.29, 0.717) is 35.6 Å². The maximum Gasteiger partial charge on any atom is 0.155 e. The molecule has 0 radical (unpaired) electrons. The van der Waals surface area contributed by atoms with Crippen molar-refractivity contribution in [3.05, 3.63) is 54.1 Å². The fourth-order valence-electron chi connectivity index (χ4n) is 2.76. The predicted molar refractivity (Wildman–Crippen MR) is 105 cm³/mol. The highest BCUT2D eigenvalue weighted by Crippen LogP contribution is 2.35. The Hall–Kier alpha value is -2.93. The van der Waals surface area contributed by atoms with Gasteiger partial charge in [0, 0.05) is 28.7 Å². The molecule has 7 heteroatoms. The van der Waals surface area contributed by atoms with Crippen molar-refractivity contribution >= 4 is 11.4 Å². The number of nitrogens with one attached hydrogen (secondary N) is 2. The molecule has 7 nitrogen and oxygen atoms in total. The van der Waals surface area contributed by atoms with Gasteiger partial charge >= 0.3 is 0 Å². The lowest BCUT2D eigenvalue weighted by Gasteiger charge is -2.26. The second-order valence-corrected chi connectivity index (χ2v) is 6.35. The number of benzene rings is 1. The van der Waals surface area contributed by atoms with Gasteiger partial charge in [0.15, 0.2) is 5.82 Å². The highest BCUT2D eigenvalue weighted by molar-refractivity contribution is 6.08. The van der Waals surface area contributed by atoms with Crippen LogP contribution in [0.5, 0.6) is 0 Å². The Kier molecular flexibility index (Phi) is 6.30. The van der Waals surface area contributed by atoms with Gasteiger partial charge in [0.2, 0.25) is 0 Å². The molecule has 7 N–H and O–H groups in total. The Morgan fingerprint density at radius 2 is 2.12 bits per heavy atom. The van der Waals surface area contributed by atoms with Gasteiger partial charge in [-0.2, -0.15) is 5.10 Å². The topological polar surface area (TPSA) is 138 Å². The largest absolute Gasteiger partial charge is 0.512 e. The summed E-state index contributed by atoms with van der Waals surface area (Å²) in [4.78, 5) is 4.13. The zero-order valence-electron chi connectivity index (χ0n) is 15.2. The maximum atomic E-state index is 9.95. The van der Waals surface area contributed by atoms with Gasteiger partial charge in [-0.3, -0.25) is 5.10 Å². The van der Waals surface area contributed by atoms with E-state index in [1.54, 1.807) is 12.1 Å². The van der Waals surface area contributed by atoms with Gasteiger partial charge in [-0.15, -0.1) is 0 Å². The van der Waals surface area contributed by atoms with Gasteiger partial charge < -0.3 is 22.0 Å². The molecule has 1 heterocycles. The standard InChI is InChI=1S/C17H19N5O.C2H7N/c1-17(7-3-2-4-12(23)9-17)15(19)13-8-11(5-6-14(13)18)16-20-10-21-22-16;1-2-3/h2-3,5-6,8-10,19,23H,4,7,18H2,1H3,(H,20,21,22);2-3H2,1H3. The lowest BCUT2D eigenvalue weighted by Crippen LogP contribution is -2.26. The summed E-state index contributed by atoms with van der Waals surface area (Å²) in [7, 11) is 0. The molecule has 1 aliphatic carbocycles. The summed E-state index contributed by atoms with van der Waals surface area (Å²) in [6, 6.07) is 5.44. The van der Waals surface area contributed by atoms with Gasteiger partial charge in [-0.1, -0.05) is 26.0 Å². The Labute approximate surface area is 153 Å². The van der Waals surface area contributed by atoms with Crippen LogP contribution in [0.1, 0.15) is 32.3 Å². The molecular formula is C19H26N6O. The molecule has 0 saturated heterocycles. The molecule has 0 fully saturated rings. The third-order valence-corrected chi connectivity index (χ3v) is 4.10. The summed E-state index contributed by atoms with van der Waals surface area (Å²) < 4.78 is 0. The van der Waals surface area contributed by atoms with Gasteiger partial charge in [0.1, 0.15) is 6.33 Å². The Morgan fingerprint density at radius 3 is 2.77 bits per heavy atom. The minimum atomic E-state index is -0.606. The van der Waals surface area contributed by atoms with Crippen LogP contribution in [0.4, 0.5) is 5.69 Å². The number of hydrogen-bond acceptors (Lipinski definition) is 6. The number of aromatic nitrogens is 3. The van der Waals surface area contributed by atoms with E-state index in [1.165, 1.54) is 6.33 Å². The van der Waals surface area contributed by atoms with Crippen molar-refractivity contribution in [2.24, 2.45) is 11.1 Å². The summed E-state index contributed by atoms with van der Waals surface area (Å²) >= 11 is 0. The van der Waals surface area contributed by atoms with Crippen LogP contribution in [-0.2, 0) is 0 Å². The molecule has 26 heavy (non-hydrogen) atoms. The normalized spacial score (nSPS) is 19.1. The molecular weight excluding hydrogens is 328 g/mol. The van der Waals surface area contributed by atoms with Crippen LogP contribution in [0.2, 0.25) is 0 Å². The number of allylic oxidation sites excluding steroid dienone is 3. The van der Waals surface area contributed by atoms with E-state index in [9.17, 15) is 5.11 Å². The Bertz CT molecular complexity index is 809. The molecule has 2 aromatic rings. The summed E-state index contributed by atoms with van der Waals surface area (Å²) in [5.74, 6) is 0.902. The summed E-state index contributed by atoms with van der Waals surface area (Å²) in [5, 5.41) is 25.3. The van der Waals surface area contributed by atoms with E-state index in [0.717, 1.165) is 12.1 Å². The molecule has 0 spiro atoms. The number of rotatable bonds is 3. The van der Waals surface area contributed by atoms with E-state index >= 15 is 0 Å². The number of aliphatic hydroxyl groups is 1. The lowest BCUT2D eigenvalue weighted by molar-refractivity contribution is 0.390. The number of nitrogens with two attached hydrogens (primary N) is 2. The van der Waals surface area contributed by atoms with Crippen LogP contribution in [-0.4, -0.2) is 32.5 Å². The van der Waals surface area contributed by atoms with Crippen LogP contribution in [0.25, 0.3) is 11.4 Å². The second-order valence-electron chi connectivity index (χ2n) is 6.35. The fourth-order valence-corrected chi connectivity index (χ4v) is 2.76. The molecule has 0 bridgehead atoms. The maximum absolute atomic E-state index is 9.95. The third-order valence-electron chi connectivity index (χ3n) is 4.10. The Balaban J connectivity index is 0.000000758. The highest BCUT2D eigenvalue weighted by Gasteiger charge is 2.30. The van der Waals surface area contributed by atoms with Crippen molar-refractivity contribution in [3.8, 4) is 11.4 Å². The summed E-state index contributed by atoms with van der Waals surface area (Å²) in [5.41, 5.74) is 12.7. The molecule has 1 aromatic carbocycles. The van der Waals surface area contributed by atoms with E-state index in [4.69, 9.17) is 16.9 Å². The van der Waals surface area contributed by atoms with Crippen LogP contribution in [0, 0.1) is 10.8 Å². The van der Waals surface area contributed by atoms with Crippen molar-refractivity contribution in [1.82, 2.24) is 15.2 Å². The first-order chi connectivity index (χ1) is 12.4. The molecule has 1 atom stereocenters. The number of aromatic amines is 1. The smallest absolute Gasteiger partial charge is 0.155 e. The van der Waals surface area contributed by atoms with Gasteiger partial charge in [-0.25, -0.2) is 4.98 Å². The molecule has 0 saturated carbocycles. The number of hydrogen-bond donors (Lipinski definition) is 5. The van der Waals surface area contributed by atoms with E-state index < -0.39 is 5.41 Å². The van der Waals surface area contributed by atoms with Crippen LogP contribution >= 0.6 is 0 Å². The average Bonchev–Trinajstić information content (AvgIpc) is 3.08. The SMILES string of the molecule is CC1(C(=N)c2cc(-c3ncn[nH]3)ccc2N)C=C(O)CC=CC1.CCN. The van der Waals surface area contributed by atoms with Crippen LogP contribution in [0.15, 0.2) is 48.5 Å². The molecule has 0 aliphatic heterocycles. The first-order valence-corrected chi connectivity index (χ1v) is 8.51. The second kappa shape index (κ2) is 8.44. The zero-order chi connectivity index (χ0) is 19.2. The number of nitrogens with zero attached hydrogens (tertiary/aromatic N) is 2. The molecule has 0 amide bonds. The quantitative estimate of drug-likeness (QED) is 0.327. The van der Waals surface area contributed by atoms with E-state index in [-0.39, 0.29) is 5.76 Å². The molecule has 138 valence electrons. The number of anilines is 1. The van der Waals surface area contributed by atoms with Crippen molar-refractivity contribution < 1.29 is 5.11 Å². The summed E-state index contributed by atoms with van der Waals surface area (Å²) in [6.45, 7) is 4.59. The van der Waals surface area contributed by atoms with Crippen molar-refractivity contribution in [3.63, 3.8) is 0 Å². The van der Waals surface area contributed by atoms with Crippen molar-refractivity contribution in [2.45, 2.75) is 26.7 Å². The van der Waals surface area contributed by atoms with E-state index in [2.05, 4.69) is 15.2 Å². The van der Waals surface area contributed by atoms with E-state index in [1.807, 2.05) is 38.1 Å².